The molecule has 0 spiro atoms. The number of amides is 1. The topological polar surface area (TPSA) is 124 Å². The Bertz CT molecular complexity index is 869. The molecule has 0 fully saturated rings. The number of halogens is 1. The number of aromatic nitrogens is 1. The van der Waals surface area contributed by atoms with E-state index in [9.17, 15) is 24.2 Å². The standard InChI is InChI=1S/C26H43FN4O5/c1-25(2,3)36-24(34)30-20(23(32)33)13-16-31(17-21(27)26(4,5)35)15-7-6-10-19-12-11-18-9-8-14-28-22(18)29-19/h11-12,20-21,35H,6-10,13-17H2,1-5H3,(H,28,29)(H,30,34)(H,32,33). The third-order valence-electron chi connectivity index (χ3n) is 6.02. The van der Waals surface area contributed by atoms with Crippen molar-refractivity contribution in [1.29, 1.82) is 0 Å². The number of aryl methyl sites for hydroxylation is 2. The number of aliphatic hydroxyl groups is 1. The highest BCUT2D eigenvalue weighted by Gasteiger charge is 2.30. The van der Waals surface area contributed by atoms with Crippen LogP contribution in [0.1, 0.15) is 71.6 Å². The van der Waals surface area contributed by atoms with Crippen LogP contribution in [0.3, 0.4) is 0 Å². The summed E-state index contributed by atoms with van der Waals surface area (Å²) in [7, 11) is 0. The number of aliphatic carboxylic acids is 1. The Balaban J connectivity index is 1.92. The van der Waals surface area contributed by atoms with Crippen LogP contribution in [0.2, 0.25) is 0 Å². The maximum absolute atomic E-state index is 14.7. The van der Waals surface area contributed by atoms with Crippen molar-refractivity contribution < 1.29 is 28.9 Å². The largest absolute Gasteiger partial charge is 0.480 e. The van der Waals surface area contributed by atoms with Crippen molar-refractivity contribution in [2.24, 2.45) is 0 Å². The summed E-state index contributed by atoms with van der Waals surface area (Å²) in [4.78, 5) is 30.3. The summed E-state index contributed by atoms with van der Waals surface area (Å²) < 4.78 is 19.8. The van der Waals surface area contributed by atoms with Gasteiger partial charge < -0.3 is 30.5 Å². The summed E-state index contributed by atoms with van der Waals surface area (Å²) in [5, 5.41) is 25.3. The summed E-state index contributed by atoms with van der Waals surface area (Å²) in [6, 6.07) is 3.00. The number of nitrogens with one attached hydrogen (secondary N) is 2. The molecule has 1 aliphatic rings. The van der Waals surface area contributed by atoms with E-state index in [1.54, 1.807) is 25.7 Å². The highest BCUT2D eigenvalue weighted by molar-refractivity contribution is 5.80. The van der Waals surface area contributed by atoms with E-state index in [1.807, 2.05) is 0 Å². The first-order valence-corrected chi connectivity index (χ1v) is 12.8. The molecule has 1 aromatic rings. The number of fused-ring (bicyclic) bond motifs is 1. The molecule has 9 nitrogen and oxygen atoms in total. The number of carbonyl (C=O) groups excluding carboxylic acids is 1. The summed E-state index contributed by atoms with van der Waals surface area (Å²) in [6.45, 7) is 9.57. The van der Waals surface area contributed by atoms with Gasteiger partial charge in [-0.15, -0.1) is 0 Å². The van der Waals surface area contributed by atoms with Crippen molar-refractivity contribution in [2.75, 3.05) is 31.5 Å². The van der Waals surface area contributed by atoms with E-state index < -0.39 is 35.5 Å². The number of alkyl carbamates (subject to hydrolysis) is 1. The molecule has 0 radical (unpaired) electrons. The second kappa shape index (κ2) is 13.2. The summed E-state index contributed by atoms with van der Waals surface area (Å²) >= 11 is 0. The Morgan fingerprint density at radius 1 is 1.22 bits per heavy atom. The van der Waals surface area contributed by atoms with Crippen LogP contribution in [0.4, 0.5) is 15.0 Å². The zero-order chi connectivity index (χ0) is 26.9. The number of alkyl halides is 1. The normalized spacial score (nSPS) is 15.6. The summed E-state index contributed by atoms with van der Waals surface area (Å²) in [6.07, 6.45) is 2.27. The predicted octanol–water partition coefficient (Wildman–Crippen LogP) is 3.54. The zero-order valence-electron chi connectivity index (χ0n) is 22.3. The van der Waals surface area contributed by atoms with Gasteiger partial charge in [-0.1, -0.05) is 6.07 Å². The van der Waals surface area contributed by atoms with Gasteiger partial charge in [0.25, 0.3) is 0 Å². The van der Waals surface area contributed by atoms with E-state index in [1.165, 1.54) is 19.4 Å². The van der Waals surface area contributed by atoms with Crippen LogP contribution in [0.5, 0.6) is 0 Å². The molecule has 4 N–H and O–H groups in total. The molecule has 2 atom stereocenters. The molecule has 36 heavy (non-hydrogen) atoms. The van der Waals surface area contributed by atoms with E-state index in [0.717, 1.165) is 50.2 Å². The van der Waals surface area contributed by atoms with Gasteiger partial charge >= 0.3 is 12.1 Å². The average Bonchev–Trinajstić information content (AvgIpc) is 2.76. The van der Waals surface area contributed by atoms with E-state index in [2.05, 4.69) is 22.8 Å². The quantitative estimate of drug-likeness (QED) is 0.297. The van der Waals surface area contributed by atoms with Crippen LogP contribution in [0.15, 0.2) is 12.1 Å². The van der Waals surface area contributed by atoms with Crippen molar-refractivity contribution in [1.82, 2.24) is 15.2 Å². The lowest BCUT2D eigenvalue weighted by Crippen LogP contribution is -2.47. The number of carboxylic acids is 1. The van der Waals surface area contributed by atoms with Crippen molar-refractivity contribution in [2.45, 2.75) is 96.6 Å². The smallest absolute Gasteiger partial charge is 0.408 e. The molecule has 0 aliphatic carbocycles. The Morgan fingerprint density at radius 3 is 2.58 bits per heavy atom. The first kappa shape index (κ1) is 29.8. The highest BCUT2D eigenvalue weighted by Crippen LogP contribution is 2.20. The van der Waals surface area contributed by atoms with Gasteiger partial charge in [-0.2, -0.15) is 0 Å². The monoisotopic (exact) mass is 510 g/mol. The molecule has 0 bridgehead atoms. The lowest BCUT2D eigenvalue weighted by Gasteiger charge is -2.30. The molecule has 0 aromatic carbocycles. The third kappa shape index (κ3) is 10.7. The SMILES string of the molecule is CC(C)(C)OC(=O)NC(CCN(CCCCc1ccc2c(n1)NCCC2)CC(F)C(C)(C)O)C(=O)O. The molecule has 0 saturated carbocycles. The average molecular weight is 511 g/mol. The van der Waals surface area contributed by atoms with Crippen molar-refractivity contribution >= 4 is 17.9 Å². The van der Waals surface area contributed by atoms with Crippen LogP contribution in [0, 0.1) is 0 Å². The molecule has 204 valence electrons. The molecule has 1 amide bonds. The third-order valence-corrected chi connectivity index (χ3v) is 6.02. The molecule has 1 aromatic heterocycles. The molecule has 0 saturated heterocycles. The van der Waals surface area contributed by atoms with E-state index in [0.29, 0.717) is 6.54 Å². The van der Waals surface area contributed by atoms with E-state index in [4.69, 9.17) is 9.72 Å². The number of hydrogen-bond donors (Lipinski definition) is 4. The number of carboxylic acid groups (broad SMARTS) is 1. The molecule has 1 aliphatic heterocycles. The Labute approximate surface area is 213 Å². The van der Waals surface area contributed by atoms with Gasteiger partial charge in [0.1, 0.15) is 23.6 Å². The number of hydrogen-bond acceptors (Lipinski definition) is 7. The highest BCUT2D eigenvalue weighted by atomic mass is 19.1. The number of pyridine rings is 1. The zero-order valence-corrected chi connectivity index (χ0v) is 22.3. The number of ether oxygens (including phenoxy) is 1. The minimum Gasteiger partial charge on any atom is -0.480 e. The Morgan fingerprint density at radius 2 is 1.94 bits per heavy atom. The summed E-state index contributed by atoms with van der Waals surface area (Å²) in [5.41, 5.74) is -0.0259. The lowest BCUT2D eigenvalue weighted by atomic mass is 10.0. The molecular formula is C26H43FN4O5. The van der Waals surface area contributed by atoms with Crippen LogP contribution < -0.4 is 10.6 Å². The number of anilines is 1. The van der Waals surface area contributed by atoms with Crippen LogP contribution in [-0.2, 0) is 22.4 Å². The van der Waals surface area contributed by atoms with Gasteiger partial charge in [0.05, 0.1) is 5.60 Å². The fraction of sp³-hybridized carbons (Fsp3) is 0.731. The predicted molar refractivity (Wildman–Crippen MR) is 137 cm³/mol. The van der Waals surface area contributed by atoms with Crippen molar-refractivity contribution in [3.05, 3.63) is 23.4 Å². The minimum absolute atomic E-state index is 0.0384. The van der Waals surface area contributed by atoms with E-state index in [-0.39, 0.29) is 19.5 Å². The number of carbonyl (C=O) groups is 2. The van der Waals surface area contributed by atoms with Gasteiger partial charge in [-0.25, -0.2) is 19.0 Å². The lowest BCUT2D eigenvalue weighted by molar-refractivity contribution is -0.139. The van der Waals surface area contributed by atoms with Crippen molar-refractivity contribution in [3.63, 3.8) is 0 Å². The Hall–Kier alpha value is -2.46. The molecule has 2 unspecified atom stereocenters. The van der Waals surface area contributed by atoms with Crippen LogP contribution in [-0.4, -0.2) is 81.8 Å². The van der Waals surface area contributed by atoms with Crippen LogP contribution >= 0.6 is 0 Å². The van der Waals surface area contributed by atoms with Gasteiger partial charge in [0.2, 0.25) is 0 Å². The second-order valence-corrected chi connectivity index (χ2v) is 11.0. The first-order chi connectivity index (χ1) is 16.7. The second-order valence-electron chi connectivity index (χ2n) is 11.0. The Kier molecular flexibility index (Phi) is 10.9. The van der Waals surface area contributed by atoms with Crippen LogP contribution in [0.25, 0.3) is 0 Å². The summed E-state index contributed by atoms with van der Waals surface area (Å²) in [5.74, 6) is -0.227. The fourth-order valence-corrected chi connectivity index (χ4v) is 3.91. The molecule has 2 heterocycles. The molecular weight excluding hydrogens is 467 g/mol. The van der Waals surface area contributed by atoms with Gasteiger partial charge in [0, 0.05) is 25.3 Å². The molecule has 10 heteroatoms. The van der Waals surface area contributed by atoms with Gasteiger partial charge in [0.15, 0.2) is 0 Å². The maximum atomic E-state index is 14.7. The molecule has 2 rings (SSSR count). The van der Waals surface area contributed by atoms with Gasteiger partial charge in [-0.05, 0) is 91.3 Å². The van der Waals surface area contributed by atoms with Gasteiger partial charge in [-0.3, -0.25) is 0 Å². The van der Waals surface area contributed by atoms with E-state index >= 15 is 0 Å². The number of unbranched alkanes of at least 4 members (excludes halogenated alkanes) is 1. The number of rotatable bonds is 13. The van der Waals surface area contributed by atoms with Crippen molar-refractivity contribution in [3.8, 4) is 0 Å². The fourth-order valence-electron chi connectivity index (χ4n) is 3.91. The first-order valence-electron chi connectivity index (χ1n) is 12.8. The number of nitrogens with zero attached hydrogens (tertiary/aromatic N) is 2. The maximum Gasteiger partial charge on any atom is 0.408 e. The minimum atomic E-state index is -1.51.